The Labute approximate surface area is 65.7 Å². The van der Waals surface area contributed by atoms with E-state index >= 15 is 0 Å². The second-order valence-electron chi connectivity index (χ2n) is 2.09. The normalized spacial score (nSPS) is 16.3. The van der Waals surface area contributed by atoms with E-state index in [4.69, 9.17) is 10.8 Å². The zero-order valence-electron chi connectivity index (χ0n) is 6.23. The van der Waals surface area contributed by atoms with Crippen molar-refractivity contribution in [3.63, 3.8) is 0 Å². The highest BCUT2D eigenvalue weighted by molar-refractivity contribution is 7.51. The molecule has 0 heterocycles. The molecule has 6 heteroatoms. The van der Waals surface area contributed by atoms with Crippen molar-refractivity contribution >= 4 is 7.60 Å². The largest absolute Gasteiger partial charge is 0.778 e. The third kappa shape index (κ3) is 6.47. The van der Waals surface area contributed by atoms with Crippen LogP contribution in [0.4, 0.5) is 0 Å². The molecule has 0 spiro atoms. The first-order valence-electron chi connectivity index (χ1n) is 3.38. The minimum absolute atomic E-state index is 0.0508. The van der Waals surface area contributed by atoms with Gasteiger partial charge in [0.25, 0.3) is 0 Å². The van der Waals surface area contributed by atoms with Gasteiger partial charge in [-0.15, -0.1) is 0 Å². The molecule has 0 amide bonds. The zero-order valence-corrected chi connectivity index (χ0v) is 7.13. The van der Waals surface area contributed by atoms with Crippen molar-refractivity contribution in [2.45, 2.75) is 12.8 Å². The standard InChI is InChI=1S/C5H14NO4P/c6-3-1-2-4-11(8,9)10-5-7/h7H,1-6H2,(H,8,9)/p-1. The van der Waals surface area contributed by atoms with Gasteiger partial charge in [-0.05, 0) is 19.4 Å². The van der Waals surface area contributed by atoms with E-state index in [0.717, 1.165) is 0 Å². The van der Waals surface area contributed by atoms with Crippen LogP contribution in [0.2, 0.25) is 0 Å². The molecule has 0 bridgehead atoms. The van der Waals surface area contributed by atoms with E-state index in [-0.39, 0.29) is 6.16 Å². The molecule has 1 unspecified atom stereocenters. The molecule has 0 aliphatic rings. The smallest absolute Gasteiger partial charge is 0.149 e. The fraction of sp³-hybridized carbons (Fsp3) is 1.00. The minimum atomic E-state index is -3.78. The van der Waals surface area contributed by atoms with E-state index in [1.807, 2.05) is 0 Å². The molecule has 0 aromatic rings. The maximum absolute atomic E-state index is 10.7. The van der Waals surface area contributed by atoms with Crippen LogP contribution in [0.25, 0.3) is 0 Å². The maximum Gasteiger partial charge on any atom is 0.149 e. The molecule has 0 saturated carbocycles. The van der Waals surface area contributed by atoms with E-state index in [0.29, 0.717) is 19.4 Å². The first-order valence-corrected chi connectivity index (χ1v) is 5.11. The van der Waals surface area contributed by atoms with E-state index < -0.39 is 14.4 Å². The number of rotatable bonds is 6. The van der Waals surface area contributed by atoms with Gasteiger partial charge in [-0.2, -0.15) is 0 Å². The number of unbranched alkanes of at least 4 members (excludes halogenated alkanes) is 1. The summed E-state index contributed by atoms with van der Waals surface area (Å²) in [6.07, 6.45) is 1.09. The molecule has 0 aliphatic carbocycles. The SMILES string of the molecule is NCCCCP(=O)([O-])OCO. The lowest BCUT2D eigenvalue weighted by Crippen LogP contribution is -2.10. The van der Waals surface area contributed by atoms with E-state index in [1.54, 1.807) is 0 Å². The van der Waals surface area contributed by atoms with Crippen molar-refractivity contribution in [2.24, 2.45) is 5.73 Å². The molecule has 0 fully saturated rings. The van der Waals surface area contributed by atoms with Crippen molar-refractivity contribution in [1.29, 1.82) is 0 Å². The van der Waals surface area contributed by atoms with E-state index in [1.165, 1.54) is 0 Å². The Morgan fingerprint density at radius 1 is 1.55 bits per heavy atom. The Kier molecular flexibility index (Phi) is 5.72. The van der Waals surface area contributed by atoms with Crippen LogP contribution in [0.5, 0.6) is 0 Å². The highest BCUT2D eigenvalue weighted by atomic mass is 31.2. The van der Waals surface area contributed by atoms with Crippen molar-refractivity contribution in [3.8, 4) is 0 Å². The number of aliphatic hydroxyl groups excluding tert-OH is 1. The summed E-state index contributed by atoms with van der Waals surface area (Å²) in [6.45, 7) is -0.303. The van der Waals surface area contributed by atoms with Crippen LogP contribution in [-0.2, 0) is 9.09 Å². The van der Waals surface area contributed by atoms with Gasteiger partial charge in [-0.1, -0.05) is 0 Å². The number of aliphatic hydroxyl groups is 1. The fourth-order valence-electron chi connectivity index (χ4n) is 0.602. The van der Waals surface area contributed by atoms with Gasteiger partial charge in [-0.25, -0.2) is 0 Å². The number of hydrogen-bond donors (Lipinski definition) is 2. The number of hydrogen-bond acceptors (Lipinski definition) is 5. The lowest BCUT2D eigenvalue weighted by atomic mass is 10.3. The highest BCUT2D eigenvalue weighted by Crippen LogP contribution is 2.36. The first kappa shape index (κ1) is 11.1. The van der Waals surface area contributed by atoms with Gasteiger partial charge in [0.15, 0.2) is 0 Å². The average molecular weight is 182 g/mol. The van der Waals surface area contributed by atoms with Gasteiger partial charge in [0.2, 0.25) is 0 Å². The summed E-state index contributed by atoms with van der Waals surface area (Å²) < 4.78 is 14.8. The molecule has 0 saturated heterocycles. The van der Waals surface area contributed by atoms with Gasteiger partial charge < -0.3 is 24.8 Å². The van der Waals surface area contributed by atoms with Crippen LogP contribution < -0.4 is 10.6 Å². The predicted octanol–water partition coefficient (Wildman–Crippen LogP) is -0.755. The van der Waals surface area contributed by atoms with Gasteiger partial charge in [0.1, 0.15) is 14.4 Å². The molecular formula is C5H13NO4P-. The monoisotopic (exact) mass is 182 g/mol. The van der Waals surface area contributed by atoms with E-state index in [9.17, 15) is 9.46 Å². The third-order valence-corrected chi connectivity index (χ3v) is 2.51. The van der Waals surface area contributed by atoms with Gasteiger partial charge in [0, 0.05) is 6.16 Å². The van der Waals surface area contributed by atoms with Crippen molar-refractivity contribution < 1.29 is 19.1 Å². The summed E-state index contributed by atoms with van der Waals surface area (Å²) in [4.78, 5) is 10.7. The topological polar surface area (TPSA) is 95.6 Å². The Hall–Kier alpha value is 0.0700. The summed E-state index contributed by atoms with van der Waals surface area (Å²) in [5.41, 5.74) is 5.15. The summed E-state index contributed by atoms with van der Waals surface area (Å²) in [5.74, 6) is 0. The van der Waals surface area contributed by atoms with Gasteiger partial charge in [0.05, 0.1) is 0 Å². The molecular weight excluding hydrogens is 169 g/mol. The highest BCUT2D eigenvalue weighted by Gasteiger charge is 2.05. The number of nitrogens with two attached hydrogens (primary N) is 1. The van der Waals surface area contributed by atoms with Crippen LogP contribution >= 0.6 is 7.60 Å². The summed E-state index contributed by atoms with van der Waals surface area (Å²) >= 11 is 0. The van der Waals surface area contributed by atoms with Crippen molar-refractivity contribution in [2.75, 3.05) is 19.5 Å². The Balaban J connectivity index is 3.47. The summed E-state index contributed by atoms with van der Waals surface area (Å²) in [7, 11) is -3.78. The average Bonchev–Trinajstić information content (AvgIpc) is 1.87. The molecule has 1 atom stereocenters. The van der Waals surface area contributed by atoms with Crippen LogP contribution in [-0.4, -0.2) is 24.6 Å². The molecule has 0 aromatic carbocycles. The van der Waals surface area contributed by atoms with Crippen molar-refractivity contribution in [1.82, 2.24) is 0 Å². The summed E-state index contributed by atoms with van der Waals surface area (Å²) in [6, 6.07) is 0. The molecule has 5 nitrogen and oxygen atoms in total. The second kappa shape index (κ2) is 5.69. The Morgan fingerprint density at radius 3 is 2.64 bits per heavy atom. The van der Waals surface area contributed by atoms with Gasteiger partial charge in [-0.3, -0.25) is 0 Å². The van der Waals surface area contributed by atoms with Crippen LogP contribution in [0.15, 0.2) is 0 Å². The summed E-state index contributed by atoms with van der Waals surface area (Å²) in [5, 5.41) is 8.14. The lowest BCUT2D eigenvalue weighted by molar-refractivity contribution is -0.203. The molecule has 3 N–H and O–H groups in total. The van der Waals surface area contributed by atoms with Crippen LogP contribution in [0.1, 0.15) is 12.8 Å². The quantitative estimate of drug-likeness (QED) is 0.320. The van der Waals surface area contributed by atoms with E-state index in [2.05, 4.69) is 4.52 Å². The van der Waals surface area contributed by atoms with Gasteiger partial charge >= 0.3 is 0 Å². The van der Waals surface area contributed by atoms with Crippen LogP contribution in [0.3, 0.4) is 0 Å². The third-order valence-electron chi connectivity index (χ3n) is 1.14. The Bertz CT molecular complexity index is 140. The molecule has 0 radical (unpaired) electrons. The molecule has 11 heavy (non-hydrogen) atoms. The van der Waals surface area contributed by atoms with Crippen LogP contribution in [0, 0.1) is 0 Å². The molecule has 0 rings (SSSR count). The molecule has 0 aliphatic heterocycles. The molecule has 0 aromatic heterocycles. The second-order valence-corrected chi connectivity index (χ2v) is 4.02. The first-order chi connectivity index (χ1) is 5.12. The minimum Gasteiger partial charge on any atom is -0.778 e. The predicted molar refractivity (Wildman–Crippen MR) is 38.9 cm³/mol. The fourth-order valence-corrected chi connectivity index (χ4v) is 1.52. The zero-order chi connectivity index (χ0) is 8.74. The Morgan fingerprint density at radius 2 is 2.18 bits per heavy atom. The lowest BCUT2D eigenvalue weighted by Gasteiger charge is -2.21. The van der Waals surface area contributed by atoms with Crippen molar-refractivity contribution in [3.05, 3.63) is 0 Å². The maximum atomic E-state index is 10.7. The molecule has 68 valence electrons.